The van der Waals surface area contributed by atoms with Gasteiger partial charge >= 0.3 is 0 Å². The van der Waals surface area contributed by atoms with Gasteiger partial charge in [-0.3, -0.25) is 24.1 Å². The fourth-order valence-corrected chi connectivity index (χ4v) is 7.46. The van der Waals surface area contributed by atoms with Gasteiger partial charge in [-0.25, -0.2) is 9.29 Å². The molecule has 202 valence electrons. The minimum Gasteiger partial charge on any atom is -0.508 e. The van der Waals surface area contributed by atoms with E-state index in [9.17, 15) is 28.7 Å². The number of allylic oxidation sites excluding steroid dienone is 2. The lowest BCUT2D eigenvalue weighted by Gasteiger charge is -2.49. The molecule has 6 atom stereocenters. The third kappa shape index (κ3) is 3.35. The fraction of sp³-hybridized carbons (Fsp3) is 0.379. The van der Waals surface area contributed by atoms with Crippen LogP contribution in [-0.4, -0.2) is 47.8 Å². The number of halogens is 2. The van der Waals surface area contributed by atoms with Crippen molar-refractivity contribution in [1.82, 2.24) is 4.90 Å². The molecule has 2 aliphatic carbocycles. The van der Waals surface area contributed by atoms with Crippen LogP contribution in [0.4, 0.5) is 10.1 Å². The normalized spacial score (nSPS) is 31.7. The molecule has 2 saturated heterocycles. The first-order valence-electron chi connectivity index (χ1n) is 12.7. The van der Waals surface area contributed by atoms with Gasteiger partial charge in [0, 0.05) is 24.6 Å². The molecule has 4 amide bonds. The summed E-state index contributed by atoms with van der Waals surface area (Å²) in [4.78, 5) is 56.6. The Morgan fingerprint density at radius 3 is 2.46 bits per heavy atom. The maximum atomic E-state index is 14.3. The molecule has 0 aromatic heterocycles. The van der Waals surface area contributed by atoms with E-state index in [0.717, 1.165) is 21.4 Å². The van der Waals surface area contributed by atoms with Gasteiger partial charge in [0.1, 0.15) is 17.3 Å². The molecule has 3 fully saturated rings. The number of anilines is 1. The van der Waals surface area contributed by atoms with E-state index < -0.39 is 52.6 Å². The highest BCUT2D eigenvalue weighted by molar-refractivity contribution is 6.31. The lowest BCUT2D eigenvalue weighted by Crippen LogP contribution is -2.48. The third-order valence-corrected chi connectivity index (χ3v) is 9.49. The van der Waals surface area contributed by atoms with Crippen LogP contribution in [0.25, 0.3) is 0 Å². The van der Waals surface area contributed by atoms with Gasteiger partial charge < -0.3 is 9.84 Å². The van der Waals surface area contributed by atoms with Crippen molar-refractivity contribution in [2.24, 2.45) is 29.1 Å². The Balaban J connectivity index is 1.55. The van der Waals surface area contributed by atoms with Crippen molar-refractivity contribution in [3.63, 3.8) is 0 Å². The second kappa shape index (κ2) is 8.64. The minimum atomic E-state index is -1.34. The molecule has 6 rings (SSSR count). The first-order chi connectivity index (χ1) is 18.5. The van der Waals surface area contributed by atoms with E-state index in [0.29, 0.717) is 17.7 Å². The topological polar surface area (TPSA) is 104 Å². The molecular weight excluding hydrogens is 527 g/mol. The van der Waals surface area contributed by atoms with Gasteiger partial charge in [-0.05, 0) is 49.9 Å². The van der Waals surface area contributed by atoms with E-state index in [1.54, 1.807) is 19.1 Å². The van der Waals surface area contributed by atoms with Gasteiger partial charge in [-0.1, -0.05) is 29.3 Å². The summed E-state index contributed by atoms with van der Waals surface area (Å²) in [6.07, 6.45) is 2.40. The lowest BCUT2D eigenvalue weighted by atomic mass is 9.51. The van der Waals surface area contributed by atoms with Gasteiger partial charge in [0.25, 0.3) is 0 Å². The lowest BCUT2D eigenvalue weighted by molar-refractivity contribution is -0.138. The highest BCUT2D eigenvalue weighted by atomic mass is 35.5. The Morgan fingerprint density at radius 2 is 1.79 bits per heavy atom. The van der Waals surface area contributed by atoms with Crippen LogP contribution in [0.1, 0.15) is 31.2 Å². The number of methoxy groups -OCH3 is 1. The zero-order chi connectivity index (χ0) is 28.0. The Hall–Kier alpha value is -3.72. The number of amides is 4. The van der Waals surface area contributed by atoms with E-state index in [1.165, 1.54) is 32.4 Å². The molecule has 1 N–H and O–H groups in total. The number of phenols is 1. The Bertz CT molecular complexity index is 1510. The summed E-state index contributed by atoms with van der Waals surface area (Å²) in [7, 11) is 2.93. The molecular formula is C29H26ClFN2O6. The van der Waals surface area contributed by atoms with Crippen LogP contribution in [0, 0.1) is 34.9 Å². The minimum absolute atomic E-state index is 0.113. The second-order valence-electron chi connectivity index (χ2n) is 10.9. The number of phenolic OH excluding ortho intramolecular Hbond substituents is 1. The summed E-state index contributed by atoms with van der Waals surface area (Å²) >= 11 is 6.00. The standard InChI is InChI=1S/C29H26ClFN2O6/c1-29-19(26(36)33(28(29)38)13-4-9-21(31)20(30)10-13)12-18-15(7-8-17-23(18)27(37)32(2)25(17)35)24(29)16-6-5-14(39-3)11-22(16)34/h4-7,9-11,17-19,23-24,34H,8,12H2,1-3H3. The number of hydrogen-bond acceptors (Lipinski definition) is 6. The summed E-state index contributed by atoms with van der Waals surface area (Å²) in [5.41, 5.74) is -0.0158. The van der Waals surface area contributed by atoms with Crippen LogP contribution in [-0.2, 0) is 19.2 Å². The molecule has 8 nitrogen and oxygen atoms in total. The molecule has 10 heteroatoms. The smallest absolute Gasteiger partial charge is 0.241 e. The highest BCUT2D eigenvalue weighted by Gasteiger charge is 2.67. The number of likely N-dealkylation sites (tertiary alicyclic amines) is 1. The highest BCUT2D eigenvalue weighted by Crippen LogP contribution is 2.64. The van der Waals surface area contributed by atoms with Crippen molar-refractivity contribution in [2.45, 2.75) is 25.7 Å². The predicted molar refractivity (Wildman–Crippen MR) is 138 cm³/mol. The van der Waals surface area contributed by atoms with Crippen molar-refractivity contribution >= 4 is 40.9 Å². The van der Waals surface area contributed by atoms with Gasteiger partial charge in [-0.15, -0.1) is 0 Å². The van der Waals surface area contributed by atoms with Gasteiger partial charge in [0.15, 0.2) is 0 Å². The number of rotatable bonds is 3. The van der Waals surface area contributed by atoms with Crippen LogP contribution in [0.15, 0.2) is 48.0 Å². The molecule has 0 radical (unpaired) electrons. The van der Waals surface area contributed by atoms with Crippen LogP contribution in [0.2, 0.25) is 5.02 Å². The average molecular weight is 553 g/mol. The van der Waals surface area contributed by atoms with Crippen LogP contribution < -0.4 is 9.64 Å². The number of hydrogen-bond donors (Lipinski definition) is 1. The van der Waals surface area contributed by atoms with E-state index in [-0.39, 0.29) is 34.7 Å². The summed E-state index contributed by atoms with van der Waals surface area (Å²) in [5.74, 6) is -5.25. The van der Waals surface area contributed by atoms with Crippen molar-refractivity contribution < 1.29 is 33.4 Å². The zero-order valence-electron chi connectivity index (χ0n) is 21.5. The monoisotopic (exact) mass is 552 g/mol. The largest absolute Gasteiger partial charge is 0.508 e. The third-order valence-electron chi connectivity index (χ3n) is 9.21. The molecule has 1 saturated carbocycles. The molecule has 2 aromatic rings. The van der Waals surface area contributed by atoms with Crippen LogP contribution >= 0.6 is 11.6 Å². The number of ether oxygens (including phenoxy) is 1. The van der Waals surface area contributed by atoms with E-state index in [4.69, 9.17) is 16.3 Å². The number of carbonyl (C=O) groups is 4. The first-order valence-corrected chi connectivity index (χ1v) is 13.1. The number of aromatic hydroxyl groups is 1. The van der Waals surface area contributed by atoms with Gasteiger partial charge in [-0.2, -0.15) is 0 Å². The molecule has 39 heavy (non-hydrogen) atoms. The van der Waals surface area contributed by atoms with Gasteiger partial charge in [0.05, 0.1) is 41.0 Å². The maximum Gasteiger partial charge on any atom is 0.241 e. The quantitative estimate of drug-likeness (QED) is 0.455. The van der Waals surface area contributed by atoms with E-state index >= 15 is 0 Å². The van der Waals surface area contributed by atoms with Gasteiger partial charge in [0.2, 0.25) is 23.6 Å². The Kier molecular flexibility index (Phi) is 5.66. The SMILES string of the molecule is COc1ccc(C2C3=CCC4C(=O)N(C)C(=O)C4C3CC3C(=O)N(c4ccc(F)c(Cl)c4)C(=O)C32C)c(O)c1. The number of carbonyl (C=O) groups excluding carboxylic acids is 4. The van der Waals surface area contributed by atoms with Crippen molar-refractivity contribution in [1.29, 1.82) is 0 Å². The summed E-state index contributed by atoms with van der Waals surface area (Å²) in [6.45, 7) is 1.70. The predicted octanol–water partition coefficient (Wildman–Crippen LogP) is 4.05. The van der Waals surface area contributed by atoms with Crippen LogP contribution in [0.5, 0.6) is 11.5 Å². The average Bonchev–Trinajstić information content (AvgIpc) is 3.25. The number of nitrogens with zero attached hydrogens (tertiary/aromatic N) is 2. The zero-order valence-corrected chi connectivity index (χ0v) is 22.2. The molecule has 2 heterocycles. The molecule has 2 aromatic carbocycles. The number of fused-ring (bicyclic) bond motifs is 4. The molecule has 4 aliphatic rings. The summed E-state index contributed by atoms with van der Waals surface area (Å²) < 4.78 is 19.2. The van der Waals surface area contributed by atoms with Crippen LogP contribution in [0.3, 0.4) is 0 Å². The first kappa shape index (κ1) is 25.6. The van der Waals surface area contributed by atoms with Crippen molar-refractivity contribution in [2.75, 3.05) is 19.1 Å². The number of imide groups is 2. The van der Waals surface area contributed by atoms with E-state index in [1.807, 2.05) is 6.08 Å². The van der Waals surface area contributed by atoms with E-state index in [2.05, 4.69) is 0 Å². The Morgan fingerprint density at radius 1 is 1.05 bits per heavy atom. The molecule has 0 bridgehead atoms. The molecule has 2 aliphatic heterocycles. The molecule has 0 spiro atoms. The summed E-state index contributed by atoms with van der Waals surface area (Å²) in [5, 5.41) is 10.9. The summed E-state index contributed by atoms with van der Waals surface area (Å²) in [6, 6.07) is 8.44. The maximum absolute atomic E-state index is 14.3. The van der Waals surface area contributed by atoms with Crippen molar-refractivity contribution in [3.8, 4) is 11.5 Å². The van der Waals surface area contributed by atoms with Crippen molar-refractivity contribution in [3.05, 3.63) is 64.5 Å². The Labute approximate surface area is 229 Å². The fourth-order valence-electron chi connectivity index (χ4n) is 7.28. The number of benzene rings is 2. The second-order valence-corrected chi connectivity index (χ2v) is 11.3. The molecule has 6 unspecified atom stereocenters.